The third kappa shape index (κ3) is 4.73. The van der Waals surface area contributed by atoms with Crippen LogP contribution in [0, 0.1) is 12.7 Å². The fraction of sp³-hybridized carbons (Fsp3) is 0.294. The van der Waals surface area contributed by atoms with E-state index in [0.29, 0.717) is 6.42 Å². The van der Waals surface area contributed by atoms with Crippen LogP contribution in [0.4, 0.5) is 4.39 Å². The SMILES string of the molecule is CNC(CSc1cccc(C)c1)Cc1cccc(F)c1Cl. The Kier molecular flexibility index (Phi) is 6.09. The van der Waals surface area contributed by atoms with E-state index in [1.54, 1.807) is 17.8 Å². The summed E-state index contributed by atoms with van der Waals surface area (Å²) in [6, 6.07) is 13.7. The first-order chi connectivity index (χ1) is 10.1. The highest BCUT2D eigenvalue weighted by Crippen LogP contribution is 2.24. The topological polar surface area (TPSA) is 12.0 Å². The van der Waals surface area contributed by atoms with Crippen molar-refractivity contribution in [2.45, 2.75) is 24.3 Å². The second kappa shape index (κ2) is 7.83. The Morgan fingerprint density at radius 1 is 1.24 bits per heavy atom. The Morgan fingerprint density at radius 3 is 2.71 bits per heavy atom. The van der Waals surface area contributed by atoms with Crippen LogP contribution in [0.2, 0.25) is 5.02 Å². The summed E-state index contributed by atoms with van der Waals surface area (Å²) in [5.74, 6) is 0.558. The summed E-state index contributed by atoms with van der Waals surface area (Å²) in [5, 5.41) is 3.51. The molecule has 0 amide bonds. The van der Waals surface area contributed by atoms with Gasteiger partial charge in [-0.1, -0.05) is 41.4 Å². The van der Waals surface area contributed by atoms with Crippen molar-refractivity contribution >= 4 is 23.4 Å². The van der Waals surface area contributed by atoms with Gasteiger partial charge in [0.05, 0.1) is 5.02 Å². The number of nitrogens with one attached hydrogen (secondary N) is 1. The van der Waals surface area contributed by atoms with Crippen molar-refractivity contribution in [1.29, 1.82) is 0 Å². The molecule has 0 aliphatic carbocycles. The molecule has 2 rings (SSSR count). The molecule has 1 nitrogen and oxygen atoms in total. The zero-order valence-electron chi connectivity index (χ0n) is 12.2. The molecule has 0 aromatic heterocycles. The Bertz CT molecular complexity index is 603. The Hall–Kier alpha value is -1.03. The smallest absolute Gasteiger partial charge is 0.142 e. The van der Waals surface area contributed by atoms with Crippen LogP contribution in [-0.2, 0) is 6.42 Å². The first-order valence-corrected chi connectivity index (χ1v) is 8.26. The van der Waals surface area contributed by atoms with Crippen molar-refractivity contribution < 1.29 is 4.39 Å². The van der Waals surface area contributed by atoms with Gasteiger partial charge in [0.2, 0.25) is 0 Å². The van der Waals surface area contributed by atoms with Gasteiger partial charge in [-0.2, -0.15) is 0 Å². The van der Waals surface area contributed by atoms with E-state index < -0.39 is 0 Å². The molecule has 0 aliphatic heterocycles. The van der Waals surface area contributed by atoms with E-state index >= 15 is 0 Å². The first kappa shape index (κ1) is 16.3. The zero-order chi connectivity index (χ0) is 15.2. The summed E-state index contributed by atoms with van der Waals surface area (Å²) >= 11 is 7.82. The number of benzene rings is 2. The molecule has 0 heterocycles. The Morgan fingerprint density at radius 2 is 2.00 bits per heavy atom. The molecular weight excluding hydrogens is 305 g/mol. The third-order valence-electron chi connectivity index (χ3n) is 3.35. The van der Waals surface area contributed by atoms with Crippen molar-refractivity contribution in [3.05, 3.63) is 64.4 Å². The lowest BCUT2D eigenvalue weighted by molar-refractivity contribution is 0.603. The maximum absolute atomic E-state index is 13.5. The standard InChI is InChI=1S/C17H19ClFNS/c1-12-5-3-7-15(9-12)21-11-14(20-2)10-13-6-4-8-16(19)17(13)18/h3-9,14,20H,10-11H2,1-2H3. The van der Waals surface area contributed by atoms with Crippen LogP contribution >= 0.6 is 23.4 Å². The number of halogens is 2. The number of likely N-dealkylation sites (N-methyl/N-ethyl adjacent to an activating group) is 1. The second-order valence-corrected chi connectivity index (χ2v) is 6.50. The van der Waals surface area contributed by atoms with Gasteiger partial charge in [-0.05, 0) is 44.2 Å². The molecule has 21 heavy (non-hydrogen) atoms. The van der Waals surface area contributed by atoms with Crippen LogP contribution in [-0.4, -0.2) is 18.8 Å². The summed E-state index contributed by atoms with van der Waals surface area (Å²) < 4.78 is 13.5. The highest BCUT2D eigenvalue weighted by atomic mass is 35.5. The molecule has 0 bridgehead atoms. The predicted molar refractivity (Wildman–Crippen MR) is 89.9 cm³/mol. The number of rotatable bonds is 6. The molecule has 1 unspecified atom stereocenters. The van der Waals surface area contributed by atoms with Gasteiger partial charge in [0.1, 0.15) is 5.82 Å². The summed E-state index contributed by atoms with van der Waals surface area (Å²) in [6.45, 7) is 2.09. The lowest BCUT2D eigenvalue weighted by Gasteiger charge is -2.17. The Balaban J connectivity index is 1.99. The lowest BCUT2D eigenvalue weighted by Crippen LogP contribution is -2.30. The molecule has 2 aromatic rings. The van der Waals surface area contributed by atoms with E-state index in [1.807, 2.05) is 13.1 Å². The number of hydrogen-bond donors (Lipinski definition) is 1. The lowest BCUT2D eigenvalue weighted by atomic mass is 10.1. The molecule has 1 atom stereocenters. The van der Waals surface area contributed by atoms with Crippen molar-refractivity contribution in [3.63, 3.8) is 0 Å². The van der Waals surface area contributed by atoms with Gasteiger partial charge in [-0.25, -0.2) is 4.39 Å². The zero-order valence-corrected chi connectivity index (χ0v) is 13.8. The predicted octanol–water partition coefficient (Wildman–Crippen LogP) is 4.71. The maximum atomic E-state index is 13.5. The van der Waals surface area contributed by atoms with Crippen LogP contribution in [0.15, 0.2) is 47.4 Å². The van der Waals surface area contributed by atoms with E-state index in [4.69, 9.17) is 11.6 Å². The van der Waals surface area contributed by atoms with E-state index in [-0.39, 0.29) is 16.9 Å². The molecule has 0 saturated carbocycles. The van der Waals surface area contributed by atoms with E-state index in [0.717, 1.165) is 11.3 Å². The minimum absolute atomic E-state index is 0.235. The van der Waals surface area contributed by atoms with Crippen LogP contribution in [0.5, 0.6) is 0 Å². The van der Waals surface area contributed by atoms with Gasteiger partial charge in [0.25, 0.3) is 0 Å². The molecule has 0 saturated heterocycles. The van der Waals surface area contributed by atoms with Gasteiger partial charge in [-0.3, -0.25) is 0 Å². The minimum atomic E-state index is -0.352. The van der Waals surface area contributed by atoms with Crippen molar-refractivity contribution in [3.8, 4) is 0 Å². The molecule has 4 heteroatoms. The maximum Gasteiger partial charge on any atom is 0.142 e. The van der Waals surface area contributed by atoms with E-state index in [9.17, 15) is 4.39 Å². The van der Waals surface area contributed by atoms with Crippen LogP contribution < -0.4 is 5.32 Å². The number of aryl methyl sites for hydroxylation is 1. The Labute approximate surface area is 134 Å². The van der Waals surface area contributed by atoms with Gasteiger partial charge in [0.15, 0.2) is 0 Å². The van der Waals surface area contributed by atoms with Crippen molar-refractivity contribution in [2.75, 3.05) is 12.8 Å². The summed E-state index contributed by atoms with van der Waals surface area (Å²) in [5.41, 5.74) is 2.11. The molecule has 0 aliphatic rings. The third-order valence-corrected chi connectivity index (χ3v) is 4.93. The van der Waals surface area contributed by atoms with Gasteiger partial charge < -0.3 is 5.32 Å². The highest BCUT2D eigenvalue weighted by molar-refractivity contribution is 7.99. The monoisotopic (exact) mass is 323 g/mol. The van der Waals surface area contributed by atoms with Gasteiger partial charge >= 0.3 is 0 Å². The minimum Gasteiger partial charge on any atom is -0.316 e. The van der Waals surface area contributed by atoms with E-state index in [2.05, 4.69) is 36.5 Å². The molecular formula is C17H19ClFNS. The van der Waals surface area contributed by atoms with Crippen LogP contribution in [0.1, 0.15) is 11.1 Å². The second-order valence-electron chi connectivity index (χ2n) is 5.03. The van der Waals surface area contributed by atoms with Crippen molar-refractivity contribution in [1.82, 2.24) is 5.32 Å². The summed E-state index contributed by atoms with van der Waals surface area (Å²) in [7, 11) is 1.93. The van der Waals surface area contributed by atoms with E-state index in [1.165, 1.54) is 16.5 Å². The molecule has 2 aromatic carbocycles. The summed E-state index contributed by atoms with van der Waals surface area (Å²) in [4.78, 5) is 1.25. The van der Waals surface area contributed by atoms with Crippen LogP contribution in [0.25, 0.3) is 0 Å². The van der Waals surface area contributed by atoms with Gasteiger partial charge in [-0.15, -0.1) is 11.8 Å². The van der Waals surface area contributed by atoms with Crippen LogP contribution in [0.3, 0.4) is 0 Å². The molecule has 1 N–H and O–H groups in total. The quantitative estimate of drug-likeness (QED) is 0.773. The number of thioether (sulfide) groups is 1. The molecule has 0 radical (unpaired) electrons. The molecule has 112 valence electrons. The fourth-order valence-electron chi connectivity index (χ4n) is 2.12. The fourth-order valence-corrected chi connectivity index (χ4v) is 3.44. The highest BCUT2D eigenvalue weighted by Gasteiger charge is 2.12. The number of hydrogen-bond acceptors (Lipinski definition) is 2. The molecule has 0 fully saturated rings. The average molecular weight is 324 g/mol. The normalized spacial score (nSPS) is 12.4. The largest absolute Gasteiger partial charge is 0.316 e. The van der Waals surface area contributed by atoms with Gasteiger partial charge in [0, 0.05) is 16.7 Å². The average Bonchev–Trinajstić information content (AvgIpc) is 2.48. The van der Waals surface area contributed by atoms with Crippen molar-refractivity contribution in [2.24, 2.45) is 0 Å². The molecule has 0 spiro atoms. The summed E-state index contributed by atoms with van der Waals surface area (Å²) in [6.07, 6.45) is 0.714. The first-order valence-electron chi connectivity index (χ1n) is 6.89.